The van der Waals surface area contributed by atoms with Crippen LogP contribution < -0.4 is 10.6 Å². The van der Waals surface area contributed by atoms with E-state index < -0.39 is 6.04 Å². The zero-order chi connectivity index (χ0) is 19.9. The third-order valence-corrected chi connectivity index (χ3v) is 4.64. The van der Waals surface area contributed by atoms with E-state index in [9.17, 15) is 19.5 Å². The van der Waals surface area contributed by atoms with Gasteiger partial charge in [0.15, 0.2) is 5.76 Å². The van der Waals surface area contributed by atoms with Crippen LogP contribution in [0.3, 0.4) is 0 Å². The molecule has 1 aromatic carbocycles. The molecule has 3 rings (SSSR count). The molecule has 0 saturated carbocycles. The quantitative estimate of drug-likeness (QED) is 0.653. The number of benzene rings is 1. The molecular weight excluding hydrogens is 362 g/mol. The fourth-order valence-corrected chi connectivity index (χ4v) is 3.18. The molecule has 2 heterocycles. The Morgan fingerprint density at radius 1 is 1.07 bits per heavy atom. The second kappa shape index (κ2) is 9.07. The molecule has 0 radical (unpaired) electrons. The van der Waals surface area contributed by atoms with E-state index in [1.165, 1.54) is 30.5 Å². The van der Waals surface area contributed by atoms with Gasteiger partial charge in [0.1, 0.15) is 11.8 Å². The van der Waals surface area contributed by atoms with Crippen LogP contribution in [-0.4, -0.2) is 53.4 Å². The van der Waals surface area contributed by atoms with E-state index in [-0.39, 0.29) is 42.3 Å². The van der Waals surface area contributed by atoms with E-state index in [0.717, 1.165) is 12.8 Å². The highest BCUT2D eigenvalue weighted by Crippen LogP contribution is 2.20. The molecule has 0 aliphatic carbocycles. The van der Waals surface area contributed by atoms with Gasteiger partial charge in [-0.2, -0.15) is 0 Å². The van der Waals surface area contributed by atoms with Crippen molar-refractivity contribution in [1.82, 2.24) is 15.5 Å². The number of nitrogens with one attached hydrogen (secondary N) is 2. The van der Waals surface area contributed by atoms with Gasteiger partial charge >= 0.3 is 0 Å². The van der Waals surface area contributed by atoms with Crippen LogP contribution >= 0.6 is 0 Å². The van der Waals surface area contributed by atoms with Gasteiger partial charge in [0.05, 0.1) is 6.26 Å². The number of hydrogen-bond donors (Lipinski definition) is 3. The summed E-state index contributed by atoms with van der Waals surface area (Å²) in [4.78, 5) is 38.7. The Morgan fingerprint density at radius 2 is 1.82 bits per heavy atom. The van der Waals surface area contributed by atoms with Crippen LogP contribution in [0.2, 0.25) is 0 Å². The molecule has 3 amide bonds. The number of likely N-dealkylation sites (tertiary alicyclic amines) is 1. The maximum Gasteiger partial charge on any atom is 0.290 e. The SMILES string of the molecule is O=C(NCCNC(=O)C1CCCCN1C(=O)c1ccco1)c1ccc(O)cc1. The zero-order valence-corrected chi connectivity index (χ0v) is 15.4. The highest BCUT2D eigenvalue weighted by Gasteiger charge is 2.33. The van der Waals surface area contributed by atoms with Crippen molar-refractivity contribution in [3.8, 4) is 5.75 Å². The first kappa shape index (κ1) is 19.5. The van der Waals surface area contributed by atoms with E-state index in [2.05, 4.69) is 10.6 Å². The van der Waals surface area contributed by atoms with Gasteiger partial charge in [0.2, 0.25) is 5.91 Å². The van der Waals surface area contributed by atoms with Crippen LogP contribution in [0.5, 0.6) is 5.75 Å². The largest absolute Gasteiger partial charge is 0.508 e. The lowest BCUT2D eigenvalue weighted by Gasteiger charge is -2.34. The molecule has 148 valence electrons. The first-order valence-corrected chi connectivity index (χ1v) is 9.25. The van der Waals surface area contributed by atoms with Gasteiger partial charge in [-0.25, -0.2) is 0 Å². The summed E-state index contributed by atoms with van der Waals surface area (Å²) in [5, 5.41) is 14.7. The van der Waals surface area contributed by atoms with Crippen molar-refractivity contribution in [2.75, 3.05) is 19.6 Å². The summed E-state index contributed by atoms with van der Waals surface area (Å²) in [6.07, 6.45) is 3.75. The number of amides is 3. The number of carbonyl (C=O) groups is 3. The summed E-state index contributed by atoms with van der Waals surface area (Å²) in [7, 11) is 0. The molecule has 8 nitrogen and oxygen atoms in total. The third-order valence-electron chi connectivity index (χ3n) is 4.64. The molecule has 1 unspecified atom stereocenters. The normalized spacial score (nSPS) is 16.4. The van der Waals surface area contributed by atoms with Crippen LogP contribution in [0.1, 0.15) is 40.2 Å². The third kappa shape index (κ3) is 4.70. The van der Waals surface area contributed by atoms with E-state index in [4.69, 9.17) is 4.42 Å². The van der Waals surface area contributed by atoms with Crippen molar-refractivity contribution in [3.63, 3.8) is 0 Å². The summed E-state index contributed by atoms with van der Waals surface area (Å²) >= 11 is 0. The number of phenolic OH excluding ortho intramolecular Hbond substituents is 1. The van der Waals surface area contributed by atoms with E-state index >= 15 is 0 Å². The molecule has 1 atom stereocenters. The molecule has 1 saturated heterocycles. The van der Waals surface area contributed by atoms with Gasteiger partial charge in [-0.1, -0.05) is 0 Å². The van der Waals surface area contributed by atoms with Gasteiger partial charge in [0, 0.05) is 25.2 Å². The molecular formula is C20H23N3O5. The minimum Gasteiger partial charge on any atom is -0.508 e. The number of furan rings is 1. The molecule has 1 fully saturated rings. The topological polar surface area (TPSA) is 112 Å². The molecule has 3 N–H and O–H groups in total. The lowest BCUT2D eigenvalue weighted by Crippen LogP contribution is -2.52. The zero-order valence-electron chi connectivity index (χ0n) is 15.4. The van der Waals surface area contributed by atoms with Crippen molar-refractivity contribution < 1.29 is 23.9 Å². The molecule has 1 aliphatic rings. The van der Waals surface area contributed by atoms with Crippen molar-refractivity contribution >= 4 is 17.7 Å². The first-order chi connectivity index (χ1) is 13.6. The van der Waals surface area contributed by atoms with Gasteiger partial charge in [0.25, 0.3) is 11.8 Å². The Morgan fingerprint density at radius 3 is 2.54 bits per heavy atom. The number of nitrogens with zero attached hydrogens (tertiary/aromatic N) is 1. The van der Waals surface area contributed by atoms with Crippen LogP contribution in [-0.2, 0) is 4.79 Å². The molecule has 1 aromatic heterocycles. The molecule has 28 heavy (non-hydrogen) atoms. The second-order valence-corrected chi connectivity index (χ2v) is 6.58. The fourth-order valence-electron chi connectivity index (χ4n) is 3.18. The number of piperidine rings is 1. The molecule has 0 bridgehead atoms. The molecule has 1 aliphatic heterocycles. The van der Waals surface area contributed by atoms with Crippen molar-refractivity contribution in [1.29, 1.82) is 0 Å². The minimum absolute atomic E-state index is 0.0879. The number of aromatic hydroxyl groups is 1. The molecule has 8 heteroatoms. The monoisotopic (exact) mass is 385 g/mol. The number of hydrogen-bond acceptors (Lipinski definition) is 5. The van der Waals surface area contributed by atoms with Crippen molar-refractivity contribution in [2.45, 2.75) is 25.3 Å². The second-order valence-electron chi connectivity index (χ2n) is 6.58. The highest BCUT2D eigenvalue weighted by molar-refractivity contribution is 5.96. The minimum atomic E-state index is -0.542. The Balaban J connectivity index is 1.48. The molecule has 2 aromatic rings. The van der Waals surface area contributed by atoms with E-state index in [0.29, 0.717) is 18.5 Å². The van der Waals surface area contributed by atoms with Crippen LogP contribution in [0.15, 0.2) is 47.1 Å². The summed E-state index contributed by atoms with van der Waals surface area (Å²) < 4.78 is 5.16. The number of rotatable bonds is 6. The average molecular weight is 385 g/mol. The van der Waals surface area contributed by atoms with E-state index in [1.54, 1.807) is 17.0 Å². The average Bonchev–Trinajstić information content (AvgIpc) is 3.25. The van der Waals surface area contributed by atoms with Gasteiger partial charge in [-0.05, 0) is 55.7 Å². The Hall–Kier alpha value is -3.29. The number of carbonyl (C=O) groups excluding carboxylic acids is 3. The summed E-state index contributed by atoms with van der Waals surface area (Å²) in [6, 6.07) is 8.59. The lowest BCUT2D eigenvalue weighted by molar-refractivity contribution is -0.126. The first-order valence-electron chi connectivity index (χ1n) is 9.25. The van der Waals surface area contributed by atoms with Gasteiger partial charge in [-0.3, -0.25) is 14.4 Å². The van der Waals surface area contributed by atoms with Crippen molar-refractivity contribution in [2.24, 2.45) is 0 Å². The molecule has 0 spiro atoms. The standard InChI is InChI=1S/C20H23N3O5/c24-15-8-6-14(7-9-15)18(25)21-10-11-22-19(26)16-4-1-2-12-23(16)20(27)17-5-3-13-28-17/h3,5-9,13,16,24H,1-2,4,10-12H2,(H,21,25)(H,22,26). The number of phenols is 1. The Kier molecular flexibility index (Phi) is 6.31. The van der Waals surface area contributed by atoms with Crippen molar-refractivity contribution in [3.05, 3.63) is 54.0 Å². The summed E-state index contributed by atoms with van der Waals surface area (Å²) in [5.41, 5.74) is 0.423. The highest BCUT2D eigenvalue weighted by atomic mass is 16.3. The smallest absolute Gasteiger partial charge is 0.290 e. The van der Waals surface area contributed by atoms with Gasteiger partial charge < -0.3 is 25.1 Å². The van der Waals surface area contributed by atoms with Crippen LogP contribution in [0.4, 0.5) is 0 Å². The summed E-state index contributed by atoms with van der Waals surface area (Å²) in [5.74, 6) is -0.503. The fraction of sp³-hybridized carbons (Fsp3) is 0.350. The lowest BCUT2D eigenvalue weighted by atomic mass is 10.0. The predicted molar refractivity (Wildman–Crippen MR) is 101 cm³/mol. The van der Waals surface area contributed by atoms with Crippen LogP contribution in [0.25, 0.3) is 0 Å². The Bertz CT molecular complexity index is 817. The Labute approximate surface area is 162 Å². The summed E-state index contributed by atoms with van der Waals surface area (Å²) in [6.45, 7) is 1.02. The predicted octanol–water partition coefficient (Wildman–Crippen LogP) is 1.53. The van der Waals surface area contributed by atoms with Crippen LogP contribution in [0, 0.1) is 0 Å². The van der Waals surface area contributed by atoms with E-state index in [1.807, 2.05) is 0 Å². The maximum atomic E-state index is 12.6. The maximum absolute atomic E-state index is 12.6. The van der Waals surface area contributed by atoms with Gasteiger partial charge in [-0.15, -0.1) is 0 Å².